The molecular weight excluding hydrogens is 444 g/mol. The third-order valence-corrected chi connectivity index (χ3v) is 6.58. The number of H-pyrrole nitrogens is 1. The van der Waals surface area contributed by atoms with Crippen LogP contribution in [0.25, 0.3) is 10.9 Å². The first kappa shape index (κ1) is 23.2. The van der Waals surface area contributed by atoms with E-state index in [4.69, 9.17) is 9.47 Å². The number of tetrazole rings is 1. The normalized spacial score (nSPS) is 16.7. The van der Waals surface area contributed by atoms with Crippen LogP contribution in [0.15, 0.2) is 59.4 Å². The lowest BCUT2D eigenvalue weighted by Gasteiger charge is -2.30. The van der Waals surface area contributed by atoms with Crippen molar-refractivity contribution in [3.8, 4) is 5.75 Å². The second-order valence-corrected chi connectivity index (χ2v) is 8.81. The number of ether oxygens (including phenoxy) is 2. The van der Waals surface area contributed by atoms with E-state index in [9.17, 15) is 4.79 Å². The average molecular weight is 475 g/mol. The van der Waals surface area contributed by atoms with E-state index in [1.165, 1.54) is 0 Å². The Morgan fingerprint density at radius 3 is 2.83 bits per heavy atom. The summed E-state index contributed by atoms with van der Waals surface area (Å²) in [7, 11) is 1.63. The average Bonchev–Trinajstić information content (AvgIpc) is 3.57. The highest BCUT2D eigenvalue weighted by atomic mass is 16.5. The van der Waals surface area contributed by atoms with Gasteiger partial charge in [0.05, 0.1) is 19.8 Å². The van der Waals surface area contributed by atoms with Crippen molar-refractivity contribution in [2.24, 2.45) is 0 Å². The predicted molar refractivity (Wildman–Crippen MR) is 132 cm³/mol. The Kier molecular flexibility index (Phi) is 6.87. The molecule has 0 amide bonds. The van der Waals surface area contributed by atoms with Gasteiger partial charge >= 0.3 is 0 Å². The Hall–Kier alpha value is -3.56. The number of methoxy groups -OCH3 is 1. The van der Waals surface area contributed by atoms with Crippen LogP contribution >= 0.6 is 0 Å². The van der Waals surface area contributed by atoms with Crippen molar-refractivity contribution in [1.29, 1.82) is 0 Å². The van der Waals surface area contributed by atoms with Gasteiger partial charge in [-0.2, -0.15) is 0 Å². The molecule has 0 unspecified atom stereocenters. The van der Waals surface area contributed by atoms with Crippen molar-refractivity contribution in [2.75, 3.05) is 20.3 Å². The van der Waals surface area contributed by atoms with Crippen LogP contribution in [-0.4, -0.2) is 56.5 Å². The van der Waals surface area contributed by atoms with Crippen LogP contribution in [-0.2, 0) is 17.8 Å². The maximum absolute atomic E-state index is 13.4. The lowest BCUT2D eigenvalue weighted by atomic mass is 10.0. The number of hydrogen-bond donors (Lipinski definition) is 1. The zero-order valence-electron chi connectivity index (χ0n) is 20.1. The third kappa shape index (κ3) is 4.96. The molecule has 4 aromatic rings. The van der Waals surface area contributed by atoms with Gasteiger partial charge in [0.1, 0.15) is 11.8 Å². The number of aromatic amines is 1. The molecule has 5 rings (SSSR count). The second-order valence-electron chi connectivity index (χ2n) is 8.81. The lowest BCUT2D eigenvalue weighted by molar-refractivity contribution is 0.0907. The molecule has 1 saturated heterocycles. The summed E-state index contributed by atoms with van der Waals surface area (Å²) in [5.41, 5.74) is 2.33. The number of rotatable bonds is 9. The first-order chi connectivity index (χ1) is 17.2. The SMILES string of the molecule is CCN(Cc1ccccc1)[C@@H](c1cc2cc(OC)ccc2[nH]c1=O)c1nnnn1C[C@@H]1CCCO1. The van der Waals surface area contributed by atoms with Crippen LogP contribution in [0.2, 0.25) is 0 Å². The largest absolute Gasteiger partial charge is 0.497 e. The monoisotopic (exact) mass is 474 g/mol. The number of aromatic nitrogens is 5. The molecule has 1 N–H and O–H groups in total. The number of fused-ring (bicyclic) bond motifs is 1. The predicted octanol–water partition coefficient (Wildman–Crippen LogP) is 3.31. The summed E-state index contributed by atoms with van der Waals surface area (Å²) in [6, 6.07) is 17.3. The number of benzene rings is 2. The number of hydrogen-bond acceptors (Lipinski definition) is 7. The van der Waals surface area contributed by atoms with Gasteiger partial charge in [0, 0.05) is 29.6 Å². The molecule has 9 nitrogen and oxygen atoms in total. The highest BCUT2D eigenvalue weighted by Crippen LogP contribution is 2.29. The molecule has 2 atom stereocenters. The number of pyridine rings is 1. The maximum atomic E-state index is 13.4. The molecule has 0 bridgehead atoms. The van der Waals surface area contributed by atoms with Gasteiger partial charge in [-0.25, -0.2) is 4.68 Å². The van der Waals surface area contributed by atoms with Crippen LogP contribution in [0, 0.1) is 0 Å². The van der Waals surface area contributed by atoms with E-state index in [0.29, 0.717) is 31.0 Å². The molecule has 2 aromatic carbocycles. The first-order valence-electron chi connectivity index (χ1n) is 12.0. The van der Waals surface area contributed by atoms with Crippen molar-refractivity contribution >= 4 is 10.9 Å². The molecule has 0 spiro atoms. The van der Waals surface area contributed by atoms with Crippen molar-refractivity contribution in [3.63, 3.8) is 0 Å². The molecule has 0 aliphatic carbocycles. The van der Waals surface area contributed by atoms with E-state index >= 15 is 0 Å². The van der Waals surface area contributed by atoms with Crippen molar-refractivity contribution in [2.45, 2.75) is 45.0 Å². The molecule has 1 fully saturated rings. The lowest BCUT2D eigenvalue weighted by Crippen LogP contribution is -2.35. The van der Waals surface area contributed by atoms with Gasteiger partial charge in [-0.1, -0.05) is 37.3 Å². The van der Waals surface area contributed by atoms with Crippen molar-refractivity contribution in [3.05, 3.63) is 81.9 Å². The highest BCUT2D eigenvalue weighted by Gasteiger charge is 2.31. The molecule has 182 valence electrons. The quantitative estimate of drug-likeness (QED) is 0.397. The fourth-order valence-corrected chi connectivity index (χ4v) is 4.75. The second kappa shape index (κ2) is 10.4. The maximum Gasteiger partial charge on any atom is 0.253 e. The van der Waals surface area contributed by atoms with E-state index in [-0.39, 0.29) is 11.7 Å². The Bertz CT molecular complexity index is 1330. The van der Waals surface area contributed by atoms with Gasteiger partial charge in [-0.3, -0.25) is 9.69 Å². The highest BCUT2D eigenvalue weighted by molar-refractivity contribution is 5.80. The molecule has 0 saturated carbocycles. The minimum atomic E-state index is -0.448. The minimum absolute atomic E-state index is 0.0706. The van der Waals surface area contributed by atoms with Crippen LogP contribution < -0.4 is 10.3 Å². The Balaban J connectivity index is 1.62. The van der Waals surface area contributed by atoms with Gasteiger partial charge in [-0.05, 0) is 59.6 Å². The summed E-state index contributed by atoms with van der Waals surface area (Å²) in [6.07, 6.45) is 2.08. The summed E-state index contributed by atoms with van der Waals surface area (Å²) < 4.78 is 13.1. The topological polar surface area (TPSA) is 98.2 Å². The van der Waals surface area contributed by atoms with Crippen molar-refractivity contribution in [1.82, 2.24) is 30.1 Å². The summed E-state index contributed by atoms with van der Waals surface area (Å²) in [5, 5.41) is 13.6. The van der Waals surface area contributed by atoms with Crippen LogP contribution in [0.3, 0.4) is 0 Å². The molecule has 3 heterocycles. The fourth-order valence-electron chi connectivity index (χ4n) is 4.75. The van der Waals surface area contributed by atoms with Crippen LogP contribution in [0.5, 0.6) is 5.75 Å². The molecule has 1 aliphatic rings. The molecule has 0 radical (unpaired) electrons. The van der Waals surface area contributed by atoms with Crippen LogP contribution in [0.1, 0.15) is 42.8 Å². The third-order valence-electron chi connectivity index (χ3n) is 6.58. The van der Waals surface area contributed by atoms with E-state index in [1.54, 1.807) is 11.8 Å². The zero-order chi connectivity index (χ0) is 24.2. The Morgan fingerprint density at radius 1 is 1.23 bits per heavy atom. The first-order valence-corrected chi connectivity index (χ1v) is 12.0. The van der Waals surface area contributed by atoms with Gasteiger partial charge < -0.3 is 14.5 Å². The Labute approximate surface area is 203 Å². The standard InChI is InChI=1S/C26H30N6O3/c1-3-31(16-18-8-5-4-6-9-18)24(25-28-29-30-32(25)17-21-10-7-13-35-21)22-15-19-14-20(34-2)11-12-23(19)27-26(22)33/h4-6,8-9,11-12,14-15,21,24H,3,7,10,13,16-17H2,1-2H3,(H,27,33)/t21-,24-/m0/s1. The van der Waals surface area contributed by atoms with Gasteiger partial charge in [0.25, 0.3) is 5.56 Å². The number of nitrogens with one attached hydrogen (secondary N) is 1. The van der Waals surface area contributed by atoms with Gasteiger partial charge in [0.15, 0.2) is 5.82 Å². The smallest absolute Gasteiger partial charge is 0.253 e. The van der Waals surface area contributed by atoms with Crippen molar-refractivity contribution < 1.29 is 9.47 Å². The molecule has 1 aliphatic heterocycles. The van der Waals surface area contributed by atoms with Gasteiger partial charge in [0.2, 0.25) is 0 Å². The zero-order valence-corrected chi connectivity index (χ0v) is 20.1. The fraction of sp³-hybridized carbons (Fsp3) is 0.385. The Morgan fingerprint density at radius 2 is 2.09 bits per heavy atom. The van der Waals surface area contributed by atoms with E-state index in [2.05, 4.69) is 44.5 Å². The van der Waals surface area contributed by atoms with Gasteiger partial charge in [-0.15, -0.1) is 5.10 Å². The van der Waals surface area contributed by atoms with E-state index < -0.39 is 6.04 Å². The summed E-state index contributed by atoms with van der Waals surface area (Å²) >= 11 is 0. The van der Waals surface area contributed by atoms with E-state index in [0.717, 1.165) is 41.7 Å². The molecule has 2 aromatic heterocycles. The number of nitrogens with zero attached hydrogens (tertiary/aromatic N) is 5. The summed E-state index contributed by atoms with van der Waals surface area (Å²) in [4.78, 5) is 18.7. The molecule has 35 heavy (non-hydrogen) atoms. The summed E-state index contributed by atoms with van der Waals surface area (Å²) in [6.45, 7) is 4.74. The summed E-state index contributed by atoms with van der Waals surface area (Å²) in [5.74, 6) is 1.36. The van der Waals surface area contributed by atoms with Crippen LogP contribution in [0.4, 0.5) is 0 Å². The minimum Gasteiger partial charge on any atom is -0.497 e. The molecular formula is C26H30N6O3. The van der Waals surface area contributed by atoms with E-state index in [1.807, 2.05) is 42.5 Å². The molecule has 9 heteroatoms.